The molecule has 1 fully saturated rings. The molecule has 1 aliphatic rings. The molecule has 2 atom stereocenters. The van der Waals surface area contributed by atoms with Gasteiger partial charge in [-0.05, 0) is 38.0 Å². The summed E-state index contributed by atoms with van der Waals surface area (Å²) >= 11 is 0. The molecule has 4 heteroatoms. The van der Waals surface area contributed by atoms with E-state index >= 15 is 0 Å². The predicted octanol–water partition coefficient (Wildman–Crippen LogP) is 3.20. The lowest BCUT2D eigenvalue weighted by Gasteiger charge is -2.32. The Morgan fingerprint density at radius 1 is 1.28 bits per heavy atom. The standard InChI is InChI=1S/C14H25N3O/c1-9(10(2)15)13-16-12(17-18-13)11-5-7-14(3,4)8-6-11/h9-11H,5-8,15H2,1-4H3. The van der Waals surface area contributed by atoms with E-state index in [-0.39, 0.29) is 12.0 Å². The van der Waals surface area contributed by atoms with Gasteiger partial charge < -0.3 is 10.3 Å². The number of aromatic nitrogens is 2. The first kappa shape index (κ1) is 13.5. The maximum absolute atomic E-state index is 5.86. The Hall–Kier alpha value is -0.900. The lowest BCUT2D eigenvalue weighted by Crippen LogP contribution is -2.23. The van der Waals surface area contributed by atoms with Crippen molar-refractivity contribution in [2.24, 2.45) is 11.1 Å². The zero-order valence-corrected chi connectivity index (χ0v) is 11.9. The van der Waals surface area contributed by atoms with Gasteiger partial charge in [0.15, 0.2) is 5.82 Å². The summed E-state index contributed by atoms with van der Waals surface area (Å²) in [5.74, 6) is 2.17. The van der Waals surface area contributed by atoms with Crippen LogP contribution in [0.25, 0.3) is 0 Å². The van der Waals surface area contributed by atoms with E-state index in [0.717, 1.165) is 5.82 Å². The molecular formula is C14H25N3O. The van der Waals surface area contributed by atoms with E-state index < -0.39 is 0 Å². The maximum Gasteiger partial charge on any atom is 0.231 e. The van der Waals surface area contributed by atoms with Crippen molar-refractivity contribution in [2.45, 2.75) is 71.3 Å². The van der Waals surface area contributed by atoms with E-state index in [4.69, 9.17) is 10.3 Å². The van der Waals surface area contributed by atoms with Crippen molar-refractivity contribution in [2.75, 3.05) is 0 Å². The lowest BCUT2D eigenvalue weighted by molar-refractivity contribution is 0.218. The molecule has 0 spiro atoms. The van der Waals surface area contributed by atoms with Gasteiger partial charge in [0.1, 0.15) is 0 Å². The monoisotopic (exact) mass is 251 g/mol. The van der Waals surface area contributed by atoms with Crippen LogP contribution in [0.1, 0.15) is 76.9 Å². The molecule has 18 heavy (non-hydrogen) atoms. The van der Waals surface area contributed by atoms with Crippen LogP contribution in [0.4, 0.5) is 0 Å². The molecule has 0 bridgehead atoms. The Morgan fingerprint density at radius 3 is 2.44 bits per heavy atom. The summed E-state index contributed by atoms with van der Waals surface area (Å²) in [6, 6.07) is 0.0450. The summed E-state index contributed by atoms with van der Waals surface area (Å²) in [5.41, 5.74) is 6.34. The molecule has 0 aliphatic heterocycles. The van der Waals surface area contributed by atoms with E-state index in [9.17, 15) is 0 Å². The van der Waals surface area contributed by atoms with Crippen molar-refractivity contribution in [3.05, 3.63) is 11.7 Å². The molecule has 4 nitrogen and oxygen atoms in total. The average molecular weight is 251 g/mol. The van der Waals surface area contributed by atoms with E-state index in [2.05, 4.69) is 24.0 Å². The van der Waals surface area contributed by atoms with E-state index in [1.165, 1.54) is 25.7 Å². The minimum Gasteiger partial charge on any atom is -0.339 e. The van der Waals surface area contributed by atoms with Crippen molar-refractivity contribution in [1.29, 1.82) is 0 Å². The predicted molar refractivity (Wildman–Crippen MR) is 71.4 cm³/mol. The van der Waals surface area contributed by atoms with Crippen molar-refractivity contribution in [3.8, 4) is 0 Å². The second-order valence-corrected chi connectivity index (χ2v) is 6.58. The number of nitrogens with zero attached hydrogens (tertiary/aromatic N) is 2. The van der Waals surface area contributed by atoms with Crippen molar-refractivity contribution >= 4 is 0 Å². The second-order valence-electron chi connectivity index (χ2n) is 6.58. The van der Waals surface area contributed by atoms with Crippen LogP contribution >= 0.6 is 0 Å². The summed E-state index contributed by atoms with van der Waals surface area (Å²) < 4.78 is 5.35. The molecular weight excluding hydrogens is 226 g/mol. The van der Waals surface area contributed by atoms with Crippen molar-refractivity contribution < 1.29 is 4.52 Å². The second kappa shape index (κ2) is 5.00. The quantitative estimate of drug-likeness (QED) is 0.896. The summed E-state index contributed by atoms with van der Waals surface area (Å²) in [4.78, 5) is 4.55. The largest absolute Gasteiger partial charge is 0.339 e. The van der Waals surface area contributed by atoms with Gasteiger partial charge in [-0.1, -0.05) is 25.9 Å². The van der Waals surface area contributed by atoms with E-state index in [1.807, 2.05) is 13.8 Å². The van der Waals surface area contributed by atoms with Gasteiger partial charge in [-0.25, -0.2) is 0 Å². The van der Waals surface area contributed by atoms with Crippen LogP contribution in [-0.4, -0.2) is 16.2 Å². The zero-order chi connectivity index (χ0) is 13.3. The minimum atomic E-state index is 0.0450. The van der Waals surface area contributed by atoms with Crippen molar-refractivity contribution in [3.63, 3.8) is 0 Å². The smallest absolute Gasteiger partial charge is 0.231 e. The molecule has 0 amide bonds. The van der Waals surface area contributed by atoms with Crippen LogP contribution in [0.15, 0.2) is 4.52 Å². The third-order valence-corrected chi connectivity index (χ3v) is 4.34. The minimum absolute atomic E-state index is 0.0450. The average Bonchev–Trinajstić information content (AvgIpc) is 2.77. The Kier molecular flexibility index (Phi) is 3.76. The highest BCUT2D eigenvalue weighted by atomic mass is 16.5. The molecule has 2 unspecified atom stereocenters. The summed E-state index contributed by atoms with van der Waals surface area (Å²) in [6.45, 7) is 8.68. The van der Waals surface area contributed by atoms with Gasteiger partial charge in [0.05, 0.1) is 5.92 Å². The summed E-state index contributed by atoms with van der Waals surface area (Å²) in [6.07, 6.45) is 4.81. The molecule has 1 aliphatic carbocycles. The molecule has 2 rings (SSSR count). The fraction of sp³-hybridized carbons (Fsp3) is 0.857. The maximum atomic E-state index is 5.86. The SMILES string of the molecule is CC(N)C(C)c1nc(C2CCC(C)(C)CC2)no1. The van der Waals surface area contributed by atoms with Crippen LogP contribution in [0.2, 0.25) is 0 Å². The molecule has 1 saturated carbocycles. The highest BCUT2D eigenvalue weighted by Crippen LogP contribution is 2.41. The van der Waals surface area contributed by atoms with Crippen LogP contribution in [0.5, 0.6) is 0 Å². The fourth-order valence-corrected chi connectivity index (χ4v) is 2.48. The number of hydrogen-bond donors (Lipinski definition) is 1. The molecule has 0 aromatic carbocycles. The van der Waals surface area contributed by atoms with Crippen LogP contribution in [-0.2, 0) is 0 Å². The topological polar surface area (TPSA) is 64.9 Å². The van der Waals surface area contributed by atoms with Crippen LogP contribution in [0, 0.1) is 5.41 Å². The van der Waals surface area contributed by atoms with Gasteiger partial charge in [0.25, 0.3) is 0 Å². The van der Waals surface area contributed by atoms with Gasteiger partial charge in [-0.15, -0.1) is 0 Å². The summed E-state index contributed by atoms with van der Waals surface area (Å²) in [7, 11) is 0. The molecule has 1 aromatic rings. The van der Waals surface area contributed by atoms with E-state index in [0.29, 0.717) is 17.2 Å². The fourth-order valence-electron chi connectivity index (χ4n) is 2.48. The zero-order valence-electron chi connectivity index (χ0n) is 11.9. The Morgan fingerprint density at radius 2 is 1.89 bits per heavy atom. The third kappa shape index (κ3) is 2.91. The molecule has 0 radical (unpaired) electrons. The first-order valence-corrected chi connectivity index (χ1v) is 6.98. The lowest BCUT2D eigenvalue weighted by atomic mass is 9.73. The number of hydrogen-bond acceptors (Lipinski definition) is 4. The molecule has 2 N–H and O–H groups in total. The van der Waals surface area contributed by atoms with Gasteiger partial charge in [-0.3, -0.25) is 0 Å². The Bertz CT molecular complexity index is 387. The first-order valence-electron chi connectivity index (χ1n) is 6.98. The van der Waals surface area contributed by atoms with Crippen LogP contribution < -0.4 is 5.73 Å². The molecule has 102 valence electrons. The van der Waals surface area contributed by atoms with Crippen molar-refractivity contribution in [1.82, 2.24) is 10.1 Å². The van der Waals surface area contributed by atoms with Crippen LogP contribution in [0.3, 0.4) is 0 Å². The number of rotatable bonds is 3. The van der Waals surface area contributed by atoms with Gasteiger partial charge in [0, 0.05) is 12.0 Å². The third-order valence-electron chi connectivity index (χ3n) is 4.34. The van der Waals surface area contributed by atoms with E-state index in [1.54, 1.807) is 0 Å². The molecule has 1 heterocycles. The molecule has 0 saturated heterocycles. The first-order chi connectivity index (χ1) is 8.39. The Balaban J connectivity index is 2.03. The highest BCUT2D eigenvalue weighted by molar-refractivity contribution is 5.02. The summed E-state index contributed by atoms with van der Waals surface area (Å²) in [5, 5.41) is 4.15. The molecule has 1 aromatic heterocycles. The Labute approximate surface area is 109 Å². The normalized spacial score (nSPS) is 23.8. The number of nitrogens with two attached hydrogens (primary N) is 1. The van der Waals surface area contributed by atoms with Gasteiger partial charge >= 0.3 is 0 Å². The van der Waals surface area contributed by atoms with Gasteiger partial charge in [-0.2, -0.15) is 4.98 Å². The van der Waals surface area contributed by atoms with Gasteiger partial charge in [0.2, 0.25) is 5.89 Å². The highest BCUT2D eigenvalue weighted by Gasteiger charge is 2.30.